The van der Waals surface area contributed by atoms with E-state index in [1.807, 2.05) is 0 Å². The van der Waals surface area contributed by atoms with Crippen LogP contribution >= 0.6 is 14.7 Å². The highest BCUT2D eigenvalue weighted by atomic mass is 31.2. The van der Waals surface area contributed by atoms with Crippen molar-refractivity contribution in [3.63, 3.8) is 0 Å². The maximum Gasteiger partial charge on any atom is 0.413 e. The van der Waals surface area contributed by atoms with Gasteiger partial charge in [-0.1, -0.05) is 72.8 Å². The minimum Gasteiger partial charge on any atom is -0.444 e. The molecule has 4 unspecified atom stereocenters. The van der Waals surface area contributed by atoms with Crippen molar-refractivity contribution >= 4 is 44.4 Å². The molecule has 276 valence electrons. The van der Waals surface area contributed by atoms with Crippen LogP contribution in [0, 0.1) is 11.8 Å². The van der Waals surface area contributed by atoms with Crippen LogP contribution in [0.3, 0.4) is 0 Å². The van der Waals surface area contributed by atoms with E-state index in [9.17, 15) is 33.3 Å². The summed E-state index contributed by atoms with van der Waals surface area (Å²) in [7, 11) is -8.00. The summed E-state index contributed by atoms with van der Waals surface area (Å²) in [5.41, 5.74) is 7.15. The third kappa shape index (κ3) is 13.8. The number of nitrogens with two attached hydrogens (primary N) is 1. The number of amides is 1. The first-order valence-electron chi connectivity index (χ1n) is 16.6. The van der Waals surface area contributed by atoms with Crippen molar-refractivity contribution in [1.82, 2.24) is 9.97 Å². The maximum absolute atomic E-state index is 13.8. The van der Waals surface area contributed by atoms with Crippen LogP contribution in [0.5, 0.6) is 0 Å². The number of ether oxygens (including phenoxy) is 2. The fourth-order valence-electron chi connectivity index (χ4n) is 5.42. The molecule has 0 saturated heterocycles. The average molecular weight is 751 g/mol. The van der Waals surface area contributed by atoms with E-state index in [4.69, 9.17) is 15.2 Å². The first-order chi connectivity index (χ1) is 24.5. The number of rotatable bonds is 15. The number of pyridine rings is 2. The number of nitrogens with one attached hydrogen (secondary N) is 1. The van der Waals surface area contributed by atoms with Crippen LogP contribution < -0.4 is 11.1 Å². The zero-order valence-electron chi connectivity index (χ0n) is 29.3. The average Bonchev–Trinajstić information content (AvgIpc) is 3.05. The van der Waals surface area contributed by atoms with Crippen LogP contribution in [0.25, 0.3) is 0 Å². The summed E-state index contributed by atoms with van der Waals surface area (Å²) in [5, 5.41) is 2.51. The predicted octanol–water partition coefficient (Wildman–Crippen LogP) is 6.43. The highest BCUT2D eigenvalue weighted by Crippen LogP contribution is 2.48. The number of aromatic nitrogens is 2. The van der Waals surface area contributed by atoms with Crippen molar-refractivity contribution in [1.29, 1.82) is 0 Å². The van der Waals surface area contributed by atoms with E-state index >= 15 is 0 Å². The summed E-state index contributed by atoms with van der Waals surface area (Å²) >= 11 is 0. The Morgan fingerprint density at radius 1 is 0.712 bits per heavy atom. The van der Waals surface area contributed by atoms with Gasteiger partial charge in [-0.3, -0.25) is 24.0 Å². The van der Waals surface area contributed by atoms with E-state index in [1.165, 1.54) is 24.5 Å². The molecule has 0 radical (unpaired) electrons. The van der Waals surface area contributed by atoms with E-state index in [1.54, 1.807) is 93.6 Å². The molecule has 0 aliphatic carbocycles. The normalized spacial score (nSPS) is 14.9. The lowest BCUT2D eigenvalue weighted by Crippen LogP contribution is -2.31. The molecule has 2 aromatic carbocycles. The predicted molar refractivity (Wildman–Crippen MR) is 198 cm³/mol. The van der Waals surface area contributed by atoms with Gasteiger partial charge in [0.2, 0.25) is 14.7 Å². The Kier molecular flexibility index (Phi) is 13.7. The molecule has 4 atom stereocenters. The van der Waals surface area contributed by atoms with Gasteiger partial charge < -0.3 is 25.0 Å². The number of carbonyl (C=O) groups is 3. The lowest BCUT2D eigenvalue weighted by Gasteiger charge is -2.22. The molecule has 0 aliphatic rings. The summed E-state index contributed by atoms with van der Waals surface area (Å²) in [5.74, 6) is -4.23. The molecular weight excluding hydrogens is 706 g/mol. The minimum absolute atomic E-state index is 0.0775. The molecule has 2 aromatic heterocycles. The van der Waals surface area contributed by atoms with Gasteiger partial charge in [0.1, 0.15) is 17.2 Å². The van der Waals surface area contributed by atoms with Gasteiger partial charge >= 0.3 is 18.0 Å². The highest BCUT2D eigenvalue weighted by Gasteiger charge is 2.36. The molecule has 0 bridgehead atoms. The Labute approximate surface area is 302 Å². The standard InChI is InChI=1S/C37H44N4O9P2/c1-37(2,3)50-36(44)41-33-17-15-29(21-40-33)19-31(25-52(47,48)23-27-12-8-5-9-13-27)35(43)49-34(42)30(18-28-14-16-32(38)39-20-28)24-51(45,46)22-26-10-6-4-7-11-26/h4-17,20-21,30-31H,18-19,22-25H2,1-3H3,(H2,38,39)(H,45,46)(H,47,48)(H,40,41,44). The molecule has 0 spiro atoms. The third-order valence-corrected chi connectivity index (χ3v) is 11.4. The second-order valence-corrected chi connectivity index (χ2v) is 18.4. The number of esters is 2. The maximum atomic E-state index is 13.8. The SMILES string of the molecule is CC(C)(C)OC(=O)Nc1ccc(CC(CP(=O)(O)Cc2ccccc2)C(=O)OC(=O)C(Cc2ccc(N)nc2)CP(=O)(O)Cc2ccccc2)cn1. The van der Waals surface area contributed by atoms with Crippen molar-refractivity contribution in [2.24, 2.45) is 11.8 Å². The molecule has 52 heavy (non-hydrogen) atoms. The van der Waals surface area contributed by atoms with Crippen molar-refractivity contribution < 1.29 is 42.8 Å². The number of benzene rings is 2. The quantitative estimate of drug-likeness (QED) is 0.0589. The number of anilines is 2. The molecule has 13 nitrogen and oxygen atoms in total. The van der Waals surface area contributed by atoms with Crippen LogP contribution in [0.4, 0.5) is 16.4 Å². The number of hydrogen-bond donors (Lipinski definition) is 4. The monoisotopic (exact) mass is 750 g/mol. The largest absolute Gasteiger partial charge is 0.444 e. The van der Waals surface area contributed by atoms with Gasteiger partial charge in [-0.2, -0.15) is 0 Å². The Hall–Kier alpha value is -4.67. The van der Waals surface area contributed by atoms with E-state index in [0.29, 0.717) is 22.3 Å². The van der Waals surface area contributed by atoms with Crippen LogP contribution in [-0.4, -0.2) is 55.7 Å². The molecule has 5 N–H and O–H groups in total. The second-order valence-electron chi connectivity index (χ2n) is 13.7. The van der Waals surface area contributed by atoms with Crippen LogP contribution in [0.1, 0.15) is 43.0 Å². The fourth-order valence-corrected chi connectivity index (χ4v) is 9.17. The summed E-state index contributed by atoms with van der Waals surface area (Å²) < 4.78 is 37.6. The van der Waals surface area contributed by atoms with Crippen LogP contribution in [0.2, 0.25) is 0 Å². The molecule has 0 aliphatic heterocycles. The smallest absolute Gasteiger partial charge is 0.413 e. The molecule has 4 rings (SSSR count). The molecular formula is C37H44N4O9P2. The lowest BCUT2D eigenvalue weighted by molar-refractivity contribution is -0.164. The Morgan fingerprint density at radius 2 is 1.17 bits per heavy atom. The van der Waals surface area contributed by atoms with Crippen LogP contribution in [-0.2, 0) is 53.4 Å². The fraction of sp³-hybridized carbons (Fsp3) is 0.324. The van der Waals surface area contributed by atoms with Crippen molar-refractivity contribution in [3.8, 4) is 0 Å². The molecule has 0 fully saturated rings. The van der Waals surface area contributed by atoms with E-state index in [2.05, 4.69) is 15.3 Å². The summed E-state index contributed by atoms with van der Waals surface area (Å²) in [6.07, 6.45) is 0.453. The lowest BCUT2D eigenvalue weighted by atomic mass is 10.0. The van der Waals surface area contributed by atoms with Gasteiger partial charge in [-0.05, 0) is 68.0 Å². The zero-order valence-corrected chi connectivity index (χ0v) is 31.0. The number of hydrogen-bond acceptors (Lipinski definition) is 10. The Balaban J connectivity index is 1.56. The number of nitrogen functional groups attached to an aromatic ring is 1. The van der Waals surface area contributed by atoms with E-state index < -0.39 is 62.5 Å². The van der Waals surface area contributed by atoms with Crippen molar-refractivity contribution in [2.45, 2.75) is 51.5 Å². The van der Waals surface area contributed by atoms with E-state index in [-0.39, 0.29) is 36.8 Å². The number of nitrogens with zero attached hydrogens (tertiary/aromatic N) is 2. The highest BCUT2D eigenvalue weighted by molar-refractivity contribution is 7.57. The van der Waals surface area contributed by atoms with Crippen LogP contribution in [0.15, 0.2) is 97.3 Å². The van der Waals surface area contributed by atoms with Gasteiger partial charge in [-0.25, -0.2) is 14.8 Å². The second kappa shape index (κ2) is 17.7. The van der Waals surface area contributed by atoms with Gasteiger partial charge in [0.15, 0.2) is 0 Å². The molecule has 0 saturated carbocycles. The molecule has 15 heteroatoms. The Morgan fingerprint density at radius 3 is 1.58 bits per heavy atom. The van der Waals surface area contributed by atoms with Gasteiger partial charge in [-0.15, -0.1) is 0 Å². The molecule has 1 amide bonds. The summed E-state index contributed by atoms with van der Waals surface area (Å²) in [6, 6.07) is 23.5. The third-order valence-electron chi connectivity index (χ3n) is 7.69. The molecule has 4 aromatic rings. The minimum atomic E-state index is -4.02. The molecule has 2 heterocycles. The zero-order chi connectivity index (χ0) is 37.9. The first-order valence-corrected chi connectivity index (χ1v) is 20.6. The number of carbonyl (C=O) groups excluding carboxylic acids is 3. The summed E-state index contributed by atoms with van der Waals surface area (Å²) in [4.78, 5) is 69.9. The first kappa shape index (κ1) is 40.1. The Bertz CT molecular complexity index is 1900. The van der Waals surface area contributed by atoms with Crippen molar-refractivity contribution in [3.05, 3.63) is 120 Å². The van der Waals surface area contributed by atoms with Gasteiger partial charge in [0, 0.05) is 37.0 Å². The van der Waals surface area contributed by atoms with Gasteiger partial charge in [0.05, 0.1) is 11.8 Å². The summed E-state index contributed by atoms with van der Waals surface area (Å²) in [6.45, 7) is 5.15. The topological polar surface area (TPSA) is 208 Å². The van der Waals surface area contributed by atoms with E-state index in [0.717, 1.165) is 0 Å². The van der Waals surface area contributed by atoms with Crippen molar-refractivity contribution in [2.75, 3.05) is 23.4 Å². The van der Waals surface area contributed by atoms with Gasteiger partial charge in [0.25, 0.3) is 0 Å².